The molecule has 1 aliphatic rings. The molecule has 2 rings (SSSR count). The topological polar surface area (TPSA) is 58.6 Å². The SMILES string of the molecule is CCCNCC(C)S(=O)(=O)N1CCCOc2ccccc21. The summed E-state index contributed by atoms with van der Waals surface area (Å²) in [6.45, 7) is 6.14. The minimum Gasteiger partial charge on any atom is -0.491 e. The largest absolute Gasteiger partial charge is 0.491 e. The van der Waals surface area contributed by atoms with Crippen LogP contribution in [0.2, 0.25) is 0 Å². The van der Waals surface area contributed by atoms with Crippen molar-refractivity contribution < 1.29 is 13.2 Å². The average molecular weight is 312 g/mol. The molecule has 21 heavy (non-hydrogen) atoms. The molecule has 0 aliphatic carbocycles. The van der Waals surface area contributed by atoms with Crippen LogP contribution in [-0.2, 0) is 10.0 Å². The van der Waals surface area contributed by atoms with E-state index in [9.17, 15) is 8.42 Å². The van der Waals surface area contributed by atoms with Gasteiger partial charge in [0, 0.05) is 19.5 Å². The summed E-state index contributed by atoms with van der Waals surface area (Å²) in [6.07, 6.45) is 1.69. The van der Waals surface area contributed by atoms with Gasteiger partial charge in [-0.15, -0.1) is 0 Å². The van der Waals surface area contributed by atoms with E-state index in [1.54, 1.807) is 6.92 Å². The maximum absolute atomic E-state index is 12.8. The third-order valence-electron chi connectivity index (χ3n) is 3.57. The second-order valence-electron chi connectivity index (χ2n) is 5.30. The van der Waals surface area contributed by atoms with Crippen LogP contribution in [-0.4, -0.2) is 39.9 Å². The van der Waals surface area contributed by atoms with E-state index < -0.39 is 15.3 Å². The average Bonchev–Trinajstić information content (AvgIpc) is 2.70. The number of hydrogen-bond donors (Lipinski definition) is 1. The molecule has 1 N–H and O–H groups in total. The fourth-order valence-electron chi connectivity index (χ4n) is 2.36. The summed E-state index contributed by atoms with van der Waals surface area (Å²) in [5, 5.41) is 2.72. The fourth-order valence-corrected chi connectivity index (χ4v) is 3.94. The first-order chi connectivity index (χ1) is 10.1. The monoisotopic (exact) mass is 312 g/mol. The van der Waals surface area contributed by atoms with Crippen LogP contribution in [0.5, 0.6) is 5.75 Å². The lowest BCUT2D eigenvalue weighted by molar-refractivity contribution is 0.322. The van der Waals surface area contributed by atoms with E-state index in [4.69, 9.17) is 4.74 Å². The van der Waals surface area contributed by atoms with Gasteiger partial charge in [-0.3, -0.25) is 4.31 Å². The number of hydrogen-bond acceptors (Lipinski definition) is 4. The van der Waals surface area contributed by atoms with Crippen LogP contribution in [0.1, 0.15) is 26.7 Å². The number of nitrogens with one attached hydrogen (secondary N) is 1. The molecular weight excluding hydrogens is 288 g/mol. The highest BCUT2D eigenvalue weighted by atomic mass is 32.2. The molecule has 1 aromatic carbocycles. The smallest absolute Gasteiger partial charge is 0.239 e. The van der Waals surface area contributed by atoms with Gasteiger partial charge in [0.05, 0.1) is 17.5 Å². The quantitative estimate of drug-likeness (QED) is 0.816. The van der Waals surface area contributed by atoms with E-state index in [2.05, 4.69) is 12.2 Å². The van der Waals surface area contributed by atoms with Gasteiger partial charge >= 0.3 is 0 Å². The molecule has 0 aromatic heterocycles. The van der Waals surface area contributed by atoms with Crippen LogP contribution in [0.25, 0.3) is 0 Å². The molecule has 0 spiro atoms. The Morgan fingerprint density at radius 2 is 2.14 bits per heavy atom. The summed E-state index contributed by atoms with van der Waals surface area (Å²) in [6, 6.07) is 7.34. The van der Waals surface area contributed by atoms with Crippen LogP contribution in [0, 0.1) is 0 Å². The van der Waals surface area contributed by atoms with E-state index in [1.807, 2.05) is 24.3 Å². The van der Waals surface area contributed by atoms with Crippen molar-refractivity contribution in [1.82, 2.24) is 5.32 Å². The number of rotatable bonds is 6. The molecule has 1 heterocycles. The molecule has 1 aromatic rings. The Bertz CT molecular complexity index is 560. The standard InChI is InChI=1S/C15H24N2O3S/c1-3-9-16-12-13(2)21(18,19)17-10-6-11-20-15-8-5-4-7-14(15)17/h4-5,7-8,13,16H,3,6,9-12H2,1-2H3. The Kier molecular flexibility index (Phi) is 5.47. The van der Waals surface area contributed by atoms with Crippen molar-refractivity contribution in [3.63, 3.8) is 0 Å². The maximum Gasteiger partial charge on any atom is 0.239 e. The molecule has 5 nitrogen and oxygen atoms in total. The molecule has 0 saturated heterocycles. The predicted octanol–water partition coefficient (Wildman–Crippen LogP) is 1.99. The van der Waals surface area contributed by atoms with Gasteiger partial charge in [0.25, 0.3) is 0 Å². The highest BCUT2D eigenvalue weighted by Gasteiger charge is 2.31. The van der Waals surface area contributed by atoms with Gasteiger partial charge in [0.1, 0.15) is 5.75 Å². The first-order valence-electron chi connectivity index (χ1n) is 7.51. The Morgan fingerprint density at radius 1 is 1.38 bits per heavy atom. The molecule has 0 bridgehead atoms. The van der Waals surface area contributed by atoms with Gasteiger partial charge in [-0.25, -0.2) is 8.42 Å². The van der Waals surface area contributed by atoms with E-state index in [0.29, 0.717) is 37.6 Å². The maximum atomic E-state index is 12.8. The van der Waals surface area contributed by atoms with Crippen molar-refractivity contribution in [3.8, 4) is 5.75 Å². The van der Waals surface area contributed by atoms with Gasteiger partial charge in [-0.2, -0.15) is 0 Å². The lowest BCUT2D eigenvalue weighted by Gasteiger charge is -2.27. The van der Waals surface area contributed by atoms with Crippen LogP contribution in [0.3, 0.4) is 0 Å². The van der Waals surface area contributed by atoms with Crippen LogP contribution in [0.4, 0.5) is 5.69 Å². The molecule has 1 unspecified atom stereocenters. The van der Waals surface area contributed by atoms with Crippen LogP contribution < -0.4 is 14.4 Å². The summed E-state index contributed by atoms with van der Waals surface area (Å²) in [4.78, 5) is 0. The predicted molar refractivity (Wildman–Crippen MR) is 85.4 cm³/mol. The van der Waals surface area contributed by atoms with Gasteiger partial charge < -0.3 is 10.1 Å². The fraction of sp³-hybridized carbons (Fsp3) is 0.600. The summed E-state index contributed by atoms with van der Waals surface area (Å²) in [5.41, 5.74) is 0.650. The zero-order valence-electron chi connectivity index (χ0n) is 12.7. The summed E-state index contributed by atoms with van der Waals surface area (Å²) < 4.78 is 32.8. The van der Waals surface area contributed by atoms with Crippen molar-refractivity contribution in [1.29, 1.82) is 0 Å². The highest BCUT2D eigenvalue weighted by Crippen LogP contribution is 2.33. The van der Waals surface area contributed by atoms with Crippen molar-refractivity contribution in [3.05, 3.63) is 24.3 Å². The van der Waals surface area contributed by atoms with Crippen molar-refractivity contribution >= 4 is 15.7 Å². The Labute approximate surface area is 127 Å². The molecule has 0 fully saturated rings. The van der Waals surface area contributed by atoms with Crippen molar-refractivity contribution in [2.45, 2.75) is 31.9 Å². The zero-order valence-corrected chi connectivity index (χ0v) is 13.5. The summed E-state index contributed by atoms with van der Waals surface area (Å²) >= 11 is 0. The number of sulfonamides is 1. The van der Waals surface area contributed by atoms with Gasteiger partial charge in [0.15, 0.2) is 0 Å². The van der Waals surface area contributed by atoms with Gasteiger partial charge in [-0.05, 0) is 32.0 Å². The van der Waals surface area contributed by atoms with E-state index in [-0.39, 0.29) is 0 Å². The van der Waals surface area contributed by atoms with Crippen molar-refractivity contribution in [2.24, 2.45) is 0 Å². The number of fused-ring (bicyclic) bond motifs is 1. The van der Waals surface area contributed by atoms with Crippen molar-refractivity contribution in [2.75, 3.05) is 30.5 Å². The number of anilines is 1. The summed E-state index contributed by atoms with van der Waals surface area (Å²) in [7, 11) is -3.39. The number of ether oxygens (including phenoxy) is 1. The Hall–Kier alpha value is -1.27. The third-order valence-corrected chi connectivity index (χ3v) is 5.75. The minimum absolute atomic E-state index is 0.463. The lowest BCUT2D eigenvalue weighted by Crippen LogP contribution is -2.42. The molecule has 0 radical (unpaired) electrons. The second kappa shape index (κ2) is 7.13. The van der Waals surface area contributed by atoms with Gasteiger partial charge in [-0.1, -0.05) is 19.1 Å². The van der Waals surface area contributed by atoms with Crippen LogP contribution in [0.15, 0.2) is 24.3 Å². The summed E-state index contributed by atoms with van der Waals surface area (Å²) in [5.74, 6) is 0.646. The third kappa shape index (κ3) is 3.68. The number of nitrogens with zero attached hydrogens (tertiary/aromatic N) is 1. The molecule has 118 valence electrons. The van der Waals surface area contributed by atoms with Gasteiger partial charge in [0.2, 0.25) is 10.0 Å². The Morgan fingerprint density at radius 3 is 2.90 bits per heavy atom. The normalized spacial score (nSPS) is 16.8. The highest BCUT2D eigenvalue weighted by molar-refractivity contribution is 7.93. The van der Waals surface area contributed by atoms with E-state index >= 15 is 0 Å². The second-order valence-corrected chi connectivity index (χ2v) is 7.58. The molecule has 0 saturated carbocycles. The number of para-hydroxylation sites is 2. The van der Waals surface area contributed by atoms with Crippen LogP contribution >= 0.6 is 0 Å². The first kappa shape index (κ1) is 16.1. The number of benzene rings is 1. The molecule has 0 amide bonds. The zero-order chi connectivity index (χ0) is 15.3. The molecule has 1 atom stereocenters. The molecule has 6 heteroatoms. The molecule has 1 aliphatic heterocycles. The first-order valence-corrected chi connectivity index (χ1v) is 9.01. The minimum atomic E-state index is -3.39. The molecular formula is C15H24N2O3S. The van der Waals surface area contributed by atoms with E-state index in [1.165, 1.54) is 4.31 Å². The lowest BCUT2D eigenvalue weighted by atomic mass is 10.3. The Balaban J connectivity index is 2.23. The van der Waals surface area contributed by atoms with E-state index in [0.717, 1.165) is 13.0 Å².